The van der Waals surface area contributed by atoms with E-state index in [9.17, 15) is 0 Å². The van der Waals surface area contributed by atoms with E-state index in [1.165, 1.54) is 72.9 Å². The summed E-state index contributed by atoms with van der Waals surface area (Å²) in [5.41, 5.74) is 5.73. The quantitative estimate of drug-likeness (QED) is 0.139. The fraction of sp³-hybridized carbons (Fsp3) is 0.238. The molecule has 2 aromatic carbocycles. The van der Waals surface area contributed by atoms with Crippen molar-refractivity contribution in [2.24, 2.45) is 23.7 Å². The molecule has 10 nitrogen and oxygen atoms in total. The molecule has 4 N–H and O–H groups in total. The molecule has 4 heterocycles. The molecule has 3 aliphatic carbocycles. The lowest BCUT2D eigenvalue weighted by Crippen LogP contribution is -2.71. The molecule has 0 aliphatic heterocycles. The summed E-state index contributed by atoms with van der Waals surface area (Å²) in [6.07, 6.45) is 15.6. The Morgan fingerprint density at radius 3 is 0.769 bits per heavy atom. The third-order valence-electron chi connectivity index (χ3n) is 10.8. The smallest absolute Gasteiger partial charge is 0.126 e. The first-order valence-electron chi connectivity index (χ1n) is 17.1. The van der Waals surface area contributed by atoms with Crippen molar-refractivity contribution in [3.8, 4) is 34.5 Å². The molecule has 0 radical (unpaired) electrons. The van der Waals surface area contributed by atoms with Crippen molar-refractivity contribution in [2.45, 2.75) is 23.7 Å². The zero-order chi connectivity index (χ0) is 36.2. The van der Waals surface area contributed by atoms with E-state index in [1.54, 1.807) is 0 Å². The summed E-state index contributed by atoms with van der Waals surface area (Å²) in [5.74, 6) is 5.95. The highest BCUT2D eigenvalue weighted by Crippen LogP contribution is 2.83. The average molecular weight is 697 g/mol. The number of aromatic nitrogens is 4. The molecule has 3 fully saturated rings. The van der Waals surface area contributed by atoms with Crippen LogP contribution in [0.1, 0.15) is 45.9 Å². The van der Waals surface area contributed by atoms with E-state index in [2.05, 4.69) is 68.5 Å². The average Bonchev–Trinajstić information content (AvgIpc) is 3.15. The maximum atomic E-state index is 8.88. The highest BCUT2D eigenvalue weighted by molar-refractivity contribution is 5.47. The van der Waals surface area contributed by atoms with Gasteiger partial charge in [-0.1, -0.05) is 0 Å². The van der Waals surface area contributed by atoms with Gasteiger partial charge in [0.2, 0.25) is 0 Å². The SMILES string of the molecule is COc1cc(O)cc(O)c1.COc1cc(O)cc(O)c1.c1cc(C2C(c3ccncc3)C3C2C2C(c4ccncc4)C(c4ccncc4)C32)ccn1. The van der Waals surface area contributed by atoms with Crippen molar-refractivity contribution >= 4 is 0 Å². The lowest BCUT2D eigenvalue weighted by atomic mass is 9.25. The predicted octanol–water partition coefficient (Wildman–Crippen LogP) is 7.42. The highest BCUT2D eigenvalue weighted by Gasteiger charge is 2.75. The first kappa shape index (κ1) is 34.3. The van der Waals surface area contributed by atoms with Crippen LogP contribution in [0.15, 0.2) is 135 Å². The number of hydrogen-bond acceptors (Lipinski definition) is 10. The number of rotatable bonds is 6. The summed E-state index contributed by atoms with van der Waals surface area (Å²) < 4.78 is 9.51. The first-order chi connectivity index (χ1) is 25.4. The minimum Gasteiger partial charge on any atom is -0.508 e. The van der Waals surface area contributed by atoms with Crippen LogP contribution in [0.4, 0.5) is 0 Å². The van der Waals surface area contributed by atoms with Gasteiger partial charge in [0.15, 0.2) is 0 Å². The van der Waals surface area contributed by atoms with Crippen LogP contribution in [0.3, 0.4) is 0 Å². The van der Waals surface area contributed by atoms with Crippen LogP contribution in [0, 0.1) is 23.7 Å². The predicted molar refractivity (Wildman–Crippen MR) is 195 cm³/mol. The topological polar surface area (TPSA) is 151 Å². The standard InChI is InChI=1S/C28H24N4.2C7H8O3/c1-9-29-10-2-17(1)21-22(18-3-11-30-12-4-18)26-25(21)27-23(19-5-13-31-14-6-19)24(28(26)27)20-7-15-32-16-8-20;2*1-10-7-3-5(8)2-6(9)4-7/h1-16,21-28H;2*2-4,8-9H,1H3. The van der Waals surface area contributed by atoms with Crippen LogP contribution in [0.5, 0.6) is 34.5 Å². The van der Waals surface area contributed by atoms with E-state index in [0.29, 0.717) is 35.2 Å². The van der Waals surface area contributed by atoms with Crippen LogP contribution in [0.25, 0.3) is 0 Å². The van der Waals surface area contributed by atoms with Crippen LogP contribution in [-0.4, -0.2) is 54.6 Å². The molecule has 0 spiro atoms. The molecule has 4 aromatic heterocycles. The molecule has 9 rings (SSSR count). The molecule has 4 atom stereocenters. The molecule has 52 heavy (non-hydrogen) atoms. The number of fused-ring (bicyclic) bond motifs is 4. The molecular weight excluding hydrogens is 656 g/mol. The largest absolute Gasteiger partial charge is 0.508 e. The van der Waals surface area contributed by atoms with Crippen LogP contribution >= 0.6 is 0 Å². The second-order valence-electron chi connectivity index (χ2n) is 13.3. The fourth-order valence-corrected chi connectivity index (χ4v) is 8.90. The Balaban J connectivity index is 0.000000172. The number of hydrogen-bond donors (Lipinski definition) is 4. The fourth-order valence-electron chi connectivity index (χ4n) is 8.90. The number of benzene rings is 2. The Bertz CT molecular complexity index is 1780. The molecule has 264 valence electrons. The number of methoxy groups -OCH3 is 2. The van der Waals surface area contributed by atoms with Crippen molar-refractivity contribution in [2.75, 3.05) is 14.2 Å². The van der Waals surface area contributed by atoms with Gasteiger partial charge in [-0.05, 0) is 118 Å². The van der Waals surface area contributed by atoms with Gasteiger partial charge in [-0.25, -0.2) is 0 Å². The van der Waals surface area contributed by atoms with Gasteiger partial charge in [-0.15, -0.1) is 0 Å². The number of phenolic OH excluding ortho intramolecular Hbond substituents is 4. The van der Waals surface area contributed by atoms with Gasteiger partial charge in [0.05, 0.1) is 14.2 Å². The molecule has 0 saturated heterocycles. The zero-order valence-corrected chi connectivity index (χ0v) is 28.7. The lowest BCUT2D eigenvalue weighted by Gasteiger charge is -2.78. The van der Waals surface area contributed by atoms with Gasteiger partial charge in [-0.2, -0.15) is 0 Å². The molecule has 4 unspecified atom stereocenters. The van der Waals surface area contributed by atoms with Gasteiger partial charge in [-0.3, -0.25) is 19.9 Å². The molecule has 10 heteroatoms. The second-order valence-corrected chi connectivity index (χ2v) is 13.3. The zero-order valence-electron chi connectivity index (χ0n) is 28.7. The number of nitrogens with zero attached hydrogens (tertiary/aromatic N) is 4. The second kappa shape index (κ2) is 15.0. The van der Waals surface area contributed by atoms with Gasteiger partial charge in [0, 0.05) is 86.0 Å². The van der Waals surface area contributed by atoms with E-state index in [0.717, 1.165) is 23.7 Å². The van der Waals surface area contributed by atoms with E-state index in [1.807, 2.05) is 49.6 Å². The van der Waals surface area contributed by atoms with E-state index in [-0.39, 0.29) is 23.0 Å². The van der Waals surface area contributed by atoms with Gasteiger partial charge in [0.1, 0.15) is 34.5 Å². The molecule has 6 aromatic rings. The maximum Gasteiger partial charge on any atom is 0.126 e. The van der Waals surface area contributed by atoms with Crippen LogP contribution in [0.2, 0.25) is 0 Å². The molecule has 0 amide bonds. The maximum absolute atomic E-state index is 8.88. The van der Waals surface area contributed by atoms with Gasteiger partial charge in [0.25, 0.3) is 0 Å². The lowest BCUT2D eigenvalue weighted by molar-refractivity contribution is -0.227. The summed E-state index contributed by atoms with van der Waals surface area (Å²) in [5, 5.41) is 35.5. The number of phenols is 4. The number of ether oxygens (including phenoxy) is 2. The summed E-state index contributed by atoms with van der Waals surface area (Å²) in [6, 6.07) is 25.9. The van der Waals surface area contributed by atoms with Crippen molar-refractivity contribution in [1.29, 1.82) is 0 Å². The Morgan fingerprint density at radius 2 is 0.577 bits per heavy atom. The normalized spacial score (nSPS) is 24.7. The van der Waals surface area contributed by atoms with E-state index in [4.69, 9.17) is 29.9 Å². The highest BCUT2D eigenvalue weighted by atomic mass is 16.5. The Labute approximate surface area is 302 Å². The Hall–Kier alpha value is -6.16. The van der Waals surface area contributed by atoms with Crippen molar-refractivity contribution < 1.29 is 29.9 Å². The first-order valence-corrected chi connectivity index (χ1v) is 17.1. The van der Waals surface area contributed by atoms with Crippen molar-refractivity contribution in [1.82, 2.24) is 19.9 Å². The molecule has 0 bridgehead atoms. The minimum atomic E-state index is -0.00292. The third kappa shape index (κ3) is 6.67. The van der Waals surface area contributed by atoms with E-state index >= 15 is 0 Å². The molecule has 3 saturated carbocycles. The summed E-state index contributed by atoms with van der Waals surface area (Å²) >= 11 is 0. The number of aromatic hydroxyl groups is 4. The van der Waals surface area contributed by atoms with Gasteiger partial charge < -0.3 is 29.9 Å². The monoisotopic (exact) mass is 696 g/mol. The Morgan fingerprint density at radius 1 is 0.365 bits per heavy atom. The summed E-state index contributed by atoms with van der Waals surface area (Å²) in [6.45, 7) is 0. The Kier molecular flexibility index (Phi) is 9.88. The van der Waals surface area contributed by atoms with Crippen molar-refractivity contribution in [3.05, 3.63) is 157 Å². The molecular formula is C42H40N4O6. The van der Waals surface area contributed by atoms with Crippen LogP contribution in [-0.2, 0) is 0 Å². The molecule has 3 aliphatic rings. The summed E-state index contributed by atoms with van der Waals surface area (Å²) in [7, 11) is 2.93. The number of pyridine rings is 4. The van der Waals surface area contributed by atoms with Crippen molar-refractivity contribution in [3.63, 3.8) is 0 Å². The third-order valence-corrected chi connectivity index (χ3v) is 10.8. The minimum absolute atomic E-state index is 0.00292. The van der Waals surface area contributed by atoms with Crippen LogP contribution < -0.4 is 9.47 Å². The van der Waals surface area contributed by atoms with Gasteiger partial charge >= 0.3 is 0 Å². The van der Waals surface area contributed by atoms with E-state index < -0.39 is 0 Å². The summed E-state index contributed by atoms with van der Waals surface area (Å²) in [4.78, 5) is 17.1.